The normalized spacial score (nSPS) is 14.7. The van der Waals surface area contributed by atoms with E-state index >= 15 is 0 Å². The van der Waals surface area contributed by atoms with Crippen LogP contribution in [0.4, 0.5) is 0 Å². The highest BCUT2D eigenvalue weighted by Crippen LogP contribution is 2.24. The van der Waals surface area contributed by atoms with Crippen LogP contribution >= 0.6 is 0 Å². The van der Waals surface area contributed by atoms with Crippen molar-refractivity contribution in [1.82, 2.24) is 19.2 Å². The molecule has 1 aliphatic heterocycles. The number of fused-ring (bicyclic) bond motifs is 1. The summed E-state index contributed by atoms with van der Waals surface area (Å²) in [5.74, 6) is 0.681. The third kappa shape index (κ3) is 4.72. The number of nitrogens with one attached hydrogen (secondary N) is 1. The zero-order valence-corrected chi connectivity index (χ0v) is 18.3. The van der Waals surface area contributed by atoms with Crippen LogP contribution in [0.25, 0.3) is 11.0 Å². The monoisotopic (exact) mass is 442 g/mol. The summed E-state index contributed by atoms with van der Waals surface area (Å²) in [6, 6.07) is 12.6. The Morgan fingerprint density at radius 1 is 1.16 bits per heavy atom. The highest BCUT2D eigenvalue weighted by Gasteiger charge is 2.27. The lowest BCUT2D eigenvalue weighted by Gasteiger charge is -2.15. The van der Waals surface area contributed by atoms with Gasteiger partial charge in [0.15, 0.2) is 0 Å². The van der Waals surface area contributed by atoms with Crippen LogP contribution in [-0.2, 0) is 27.9 Å². The lowest BCUT2D eigenvalue weighted by Crippen LogP contribution is -2.27. The molecule has 0 spiro atoms. The van der Waals surface area contributed by atoms with Crippen molar-refractivity contribution in [1.29, 1.82) is 0 Å². The first kappa shape index (κ1) is 21.3. The van der Waals surface area contributed by atoms with Crippen LogP contribution in [0.15, 0.2) is 53.7 Å². The number of hydrogen-bond acceptors (Lipinski definition) is 5. The van der Waals surface area contributed by atoms with E-state index in [1.54, 1.807) is 31.6 Å². The topological polar surface area (TPSA) is 93.5 Å². The summed E-state index contributed by atoms with van der Waals surface area (Å²) in [4.78, 5) is 16.9. The van der Waals surface area contributed by atoms with Crippen molar-refractivity contribution in [2.45, 2.75) is 37.2 Å². The van der Waals surface area contributed by atoms with Crippen LogP contribution in [0.3, 0.4) is 0 Å². The minimum Gasteiger partial charge on any atom is -0.497 e. The molecule has 9 heteroatoms. The van der Waals surface area contributed by atoms with Gasteiger partial charge in [0.25, 0.3) is 0 Å². The molecule has 0 radical (unpaired) electrons. The minimum atomic E-state index is -3.47. The smallest absolute Gasteiger partial charge is 0.243 e. The van der Waals surface area contributed by atoms with Crippen molar-refractivity contribution in [3.63, 3.8) is 0 Å². The molecule has 0 bridgehead atoms. The van der Waals surface area contributed by atoms with Gasteiger partial charge in [-0.3, -0.25) is 4.79 Å². The van der Waals surface area contributed by atoms with Gasteiger partial charge < -0.3 is 14.6 Å². The summed E-state index contributed by atoms with van der Waals surface area (Å²) in [6.45, 7) is 2.02. The van der Waals surface area contributed by atoms with E-state index in [0.29, 0.717) is 38.1 Å². The molecule has 0 aliphatic carbocycles. The van der Waals surface area contributed by atoms with Gasteiger partial charge in [-0.2, -0.15) is 4.31 Å². The first-order chi connectivity index (χ1) is 15.0. The highest BCUT2D eigenvalue weighted by atomic mass is 32.2. The quantitative estimate of drug-likeness (QED) is 0.579. The first-order valence-electron chi connectivity index (χ1n) is 10.3. The van der Waals surface area contributed by atoms with Crippen molar-refractivity contribution in [3.8, 4) is 5.75 Å². The van der Waals surface area contributed by atoms with E-state index in [-0.39, 0.29) is 10.8 Å². The second kappa shape index (κ2) is 9.07. The van der Waals surface area contributed by atoms with Gasteiger partial charge in [0.2, 0.25) is 15.9 Å². The van der Waals surface area contributed by atoms with Crippen molar-refractivity contribution < 1.29 is 17.9 Å². The van der Waals surface area contributed by atoms with Crippen molar-refractivity contribution in [2.75, 3.05) is 20.2 Å². The Bertz CT molecular complexity index is 1180. The number of rotatable bonds is 8. The number of hydrogen-bond donors (Lipinski definition) is 1. The zero-order chi connectivity index (χ0) is 21.8. The summed E-state index contributed by atoms with van der Waals surface area (Å²) in [5, 5.41) is 2.91. The molecular weight excluding hydrogens is 416 g/mol. The number of methoxy groups -OCH3 is 1. The molecule has 2 heterocycles. The second-order valence-electron chi connectivity index (χ2n) is 7.58. The van der Waals surface area contributed by atoms with Crippen molar-refractivity contribution in [2.24, 2.45) is 0 Å². The zero-order valence-electron chi connectivity index (χ0n) is 17.5. The van der Waals surface area contributed by atoms with E-state index < -0.39 is 10.0 Å². The minimum absolute atomic E-state index is 0.0714. The second-order valence-corrected chi connectivity index (χ2v) is 9.52. The van der Waals surface area contributed by atoms with Crippen LogP contribution in [-0.4, -0.2) is 48.4 Å². The number of amides is 1. The SMILES string of the molecule is COc1cccc(CNC(=O)CCn2cnc3cc(S(=O)(=O)N4CCCC4)ccc32)c1. The predicted molar refractivity (Wildman–Crippen MR) is 117 cm³/mol. The van der Waals surface area contributed by atoms with E-state index in [1.807, 2.05) is 28.8 Å². The fraction of sp³-hybridized carbons (Fsp3) is 0.364. The molecule has 0 unspecified atom stereocenters. The van der Waals surface area contributed by atoms with Crippen molar-refractivity contribution >= 4 is 27.0 Å². The molecule has 0 atom stereocenters. The Kier molecular flexibility index (Phi) is 6.24. The number of benzene rings is 2. The number of aryl methyl sites for hydroxylation is 1. The Balaban J connectivity index is 1.38. The Morgan fingerprint density at radius 3 is 2.74 bits per heavy atom. The molecule has 8 nitrogen and oxygen atoms in total. The first-order valence-corrected chi connectivity index (χ1v) is 11.8. The number of carbonyl (C=O) groups excluding carboxylic acids is 1. The Labute approximate surface area is 181 Å². The molecule has 164 valence electrons. The molecule has 1 N–H and O–H groups in total. The van der Waals surface area contributed by atoms with Crippen LogP contribution in [0.5, 0.6) is 5.75 Å². The van der Waals surface area contributed by atoms with Gasteiger partial charge in [-0.05, 0) is 48.7 Å². The van der Waals surface area contributed by atoms with Crippen LogP contribution < -0.4 is 10.1 Å². The molecule has 1 fully saturated rings. The maximum atomic E-state index is 12.8. The molecule has 1 amide bonds. The van der Waals surface area contributed by atoms with Gasteiger partial charge >= 0.3 is 0 Å². The van der Waals surface area contributed by atoms with Crippen LogP contribution in [0.2, 0.25) is 0 Å². The summed E-state index contributed by atoms with van der Waals surface area (Å²) >= 11 is 0. The number of imidazole rings is 1. The molecule has 2 aromatic carbocycles. The lowest BCUT2D eigenvalue weighted by molar-refractivity contribution is -0.121. The number of sulfonamides is 1. The fourth-order valence-corrected chi connectivity index (χ4v) is 5.29. The fourth-order valence-electron chi connectivity index (χ4n) is 3.75. The summed E-state index contributed by atoms with van der Waals surface area (Å²) < 4.78 is 34.1. The van der Waals surface area contributed by atoms with Gasteiger partial charge in [-0.25, -0.2) is 13.4 Å². The van der Waals surface area contributed by atoms with E-state index in [9.17, 15) is 13.2 Å². The van der Waals surface area contributed by atoms with E-state index in [1.165, 1.54) is 4.31 Å². The van der Waals surface area contributed by atoms with Gasteiger partial charge in [-0.1, -0.05) is 12.1 Å². The number of ether oxygens (including phenoxy) is 1. The largest absolute Gasteiger partial charge is 0.497 e. The van der Waals surface area contributed by atoms with E-state index in [0.717, 1.165) is 29.7 Å². The summed E-state index contributed by atoms with van der Waals surface area (Å²) in [6.07, 6.45) is 3.74. The molecule has 31 heavy (non-hydrogen) atoms. The average molecular weight is 443 g/mol. The van der Waals surface area contributed by atoms with Crippen LogP contribution in [0, 0.1) is 0 Å². The molecule has 1 aliphatic rings. The molecular formula is C22H26N4O4S. The molecule has 1 saturated heterocycles. The standard InChI is InChI=1S/C22H26N4O4S/c1-30-18-6-4-5-17(13-18)15-23-22(27)9-12-25-16-24-20-14-19(7-8-21(20)25)31(28,29)26-10-2-3-11-26/h4-8,13-14,16H,2-3,9-12,15H2,1H3,(H,23,27). The summed E-state index contributed by atoms with van der Waals surface area (Å²) in [7, 11) is -1.87. The maximum Gasteiger partial charge on any atom is 0.243 e. The Hall–Kier alpha value is -2.91. The maximum absolute atomic E-state index is 12.8. The van der Waals surface area contributed by atoms with Gasteiger partial charge in [-0.15, -0.1) is 0 Å². The van der Waals surface area contributed by atoms with E-state index in [2.05, 4.69) is 10.3 Å². The van der Waals surface area contributed by atoms with Gasteiger partial charge in [0.05, 0.1) is 29.4 Å². The van der Waals surface area contributed by atoms with Crippen LogP contribution in [0.1, 0.15) is 24.8 Å². The predicted octanol–water partition coefficient (Wildman–Crippen LogP) is 2.54. The van der Waals surface area contributed by atoms with Gasteiger partial charge in [0.1, 0.15) is 5.75 Å². The summed E-state index contributed by atoms with van der Waals surface area (Å²) in [5.41, 5.74) is 2.38. The molecule has 3 aromatic rings. The number of nitrogens with zero attached hydrogens (tertiary/aromatic N) is 3. The third-order valence-corrected chi connectivity index (χ3v) is 7.39. The molecule has 4 rings (SSSR count). The Morgan fingerprint density at radius 2 is 1.97 bits per heavy atom. The van der Waals surface area contributed by atoms with Crippen molar-refractivity contribution in [3.05, 3.63) is 54.4 Å². The van der Waals surface area contributed by atoms with Gasteiger partial charge in [0, 0.05) is 32.6 Å². The third-order valence-electron chi connectivity index (χ3n) is 5.50. The molecule has 1 aromatic heterocycles. The van der Waals surface area contributed by atoms with E-state index in [4.69, 9.17) is 4.74 Å². The molecule has 0 saturated carbocycles. The average Bonchev–Trinajstić information content (AvgIpc) is 3.46. The number of carbonyl (C=O) groups is 1. The lowest BCUT2D eigenvalue weighted by atomic mass is 10.2. The highest BCUT2D eigenvalue weighted by molar-refractivity contribution is 7.89. The number of aromatic nitrogens is 2.